The molecule has 1 aliphatic heterocycles. The average molecular weight is 365 g/mol. The molecule has 1 aliphatic rings. The molecule has 1 saturated heterocycles. The van der Waals surface area contributed by atoms with Gasteiger partial charge in [0.25, 0.3) is 0 Å². The summed E-state index contributed by atoms with van der Waals surface area (Å²) in [6.07, 6.45) is 0. The molecule has 0 aliphatic carbocycles. The number of methoxy groups -OCH3 is 2. The van der Waals surface area contributed by atoms with E-state index in [2.05, 4.69) is 10.3 Å². The first-order chi connectivity index (χ1) is 12.4. The Labute approximate surface area is 153 Å². The molecule has 0 saturated carbocycles. The third kappa shape index (κ3) is 4.36. The number of ether oxygens (including phenoxy) is 2. The van der Waals surface area contributed by atoms with E-state index in [9.17, 15) is 9.59 Å². The van der Waals surface area contributed by atoms with Gasteiger partial charge in [-0.2, -0.15) is 0 Å². The molecule has 0 bridgehead atoms. The molecule has 0 aromatic carbocycles. The van der Waals surface area contributed by atoms with Crippen LogP contribution in [0.15, 0.2) is 15.5 Å². The van der Waals surface area contributed by atoms with Crippen molar-refractivity contribution in [3.05, 3.63) is 23.2 Å². The van der Waals surface area contributed by atoms with Crippen LogP contribution < -0.4 is 5.32 Å². The number of carbonyl (C=O) groups excluding carboxylic acids is 2. The molecule has 26 heavy (non-hydrogen) atoms. The van der Waals surface area contributed by atoms with Crippen molar-refractivity contribution in [3.8, 4) is 0 Å². The van der Waals surface area contributed by atoms with Crippen molar-refractivity contribution in [3.63, 3.8) is 0 Å². The van der Waals surface area contributed by atoms with Gasteiger partial charge in [-0.1, -0.05) is 6.92 Å². The van der Waals surface area contributed by atoms with Crippen molar-refractivity contribution in [2.45, 2.75) is 27.3 Å². The molecule has 2 rings (SSSR count). The Hall–Kier alpha value is -2.51. The lowest BCUT2D eigenvalue weighted by atomic mass is 9.99. The van der Waals surface area contributed by atoms with Crippen molar-refractivity contribution >= 4 is 17.9 Å². The molecule has 1 aromatic rings. The Morgan fingerprint density at radius 1 is 1.35 bits per heavy atom. The van der Waals surface area contributed by atoms with Crippen molar-refractivity contribution in [2.75, 3.05) is 33.9 Å². The van der Waals surface area contributed by atoms with E-state index in [0.29, 0.717) is 36.1 Å². The van der Waals surface area contributed by atoms with E-state index in [4.69, 9.17) is 13.9 Å². The molecule has 8 heteroatoms. The summed E-state index contributed by atoms with van der Waals surface area (Å²) in [4.78, 5) is 30.2. The van der Waals surface area contributed by atoms with Crippen LogP contribution in [0.5, 0.6) is 0 Å². The zero-order valence-corrected chi connectivity index (χ0v) is 16.0. The largest absolute Gasteiger partial charge is 0.469 e. The monoisotopic (exact) mass is 365 g/mol. The van der Waals surface area contributed by atoms with Crippen molar-refractivity contribution in [2.24, 2.45) is 16.8 Å². The van der Waals surface area contributed by atoms with Gasteiger partial charge in [0, 0.05) is 19.6 Å². The molecular weight excluding hydrogens is 338 g/mol. The van der Waals surface area contributed by atoms with E-state index < -0.39 is 5.97 Å². The van der Waals surface area contributed by atoms with E-state index in [0.717, 1.165) is 6.54 Å². The first kappa shape index (κ1) is 19.8. The standard InChI is InChI=1S/C18H27N3O5/c1-6-19-18(21-9-11(2)15(10-21)17(23)25-5)20-8-13-7-14(12(3)26-13)16(22)24-4/h7,11,15H,6,8-10H2,1-5H3,(H,19,20). The van der Waals surface area contributed by atoms with Crippen molar-refractivity contribution in [1.29, 1.82) is 0 Å². The van der Waals surface area contributed by atoms with Gasteiger partial charge >= 0.3 is 11.9 Å². The normalized spacial score (nSPS) is 20.2. The number of likely N-dealkylation sites (tertiary alicyclic amines) is 1. The maximum Gasteiger partial charge on any atom is 0.341 e. The number of nitrogens with zero attached hydrogens (tertiary/aromatic N) is 2. The van der Waals surface area contributed by atoms with E-state index in [1.807, 2.05) is 18.7 Å². The zero-order chi connectivity index (χ0) is 19.3. The van der Waals surface area contributed by atoms with Crippen LogP contribution in [0.3, 0.4) is 0 Å². The van der Waals surface area contributed by atoms with Crippen LogP contribution in [0.4, 0.5) is 0 Å². The summed E-state index contributed by atoms with van der Waals surface area (Å²) in [5.74, 6) is 1.19. The summed E-state index contributed by atoms with van der Waals surface area (Å²) in [5.41, 5.74) is 0.406. The van der Waals surface area contributed by atoms with E-state index in [1.165, 1.54) is 14.2 Å². The second-order valence-corrected chi connectivity index (χ2v) is 6.36. The van der Waals surface area contributed by atoms with Gasteiger partial charge in [0.1, 0.15) is 23.6 Å². The number of guanidine groups is 1. The molecule has 0 amide bonds. The van der Waals surface area contributed by atoms with Crippen LogP contribution in [-0.4, -0.2) is 56.7 Å². The van der Waals surface area contributed by atoms with E-state index >= 15 is 0 Å². The van der Waals surface area contributed by atoms with Crippen LogP contribution in [0.25, 0.3) is 0 Å². The predicted molar refractivity (Wildman–Crippen MR) is 95.8 cm³/mol. The SMILES string of the molecule is CCNC(=NCc1cc(C(=O)OC)c(C)o1)N1CC(C)C(C(=O)OC)C1. The average Bonchev–Trinajstić information content (AvgIpc) is 3.20. The molecule has 144 valence electrons. The highest BCUT2D eigenvalue weighted by Gasteiger charge is 2.36. The lowest BCUT2D eigenvalue weighted by Gasteiger charge is -2.21. The molecule has 2 unspecified atom stereocenters. The number of hydrogen-bond donors (Lipinski definition) is 1. The number of furan rings is 1. The molecular formula is C18H27N3O5. The fraction of sp³-hybridized carbons (Fsp3) is 0.611. The minimum Gasteiger partial charge on any atom is -0.469 e. The predicted octanol–water partition coefficient (Wildman–Crippen LogP) is 1.58. The van der Waals surface area contributed by atoms with Gasteiger partial charge in [-0.3, -0.25) is 4.79 Å². The van der Waals surface area contributed by atoms with Gasteiger partial charge in [0.05, 0.1) is 20.1 Å². The molecule has 2 heterocycles. The summed E-state index contributed by atoms with van der Waals surface area (Å²) >= 11 is 0. The van der Waals surface area contributed by atoms with Crippen molar-refractivity contribution in [1.82, 2.24) is 10.2 Å². The molecule has 1 aromatic heterocycles. The minimum atomic E-state index is -0.428. The lowest BCUT2D eigenvalue weighted by molar-refractivity contribution is -0.145. The quantitative estimate of drug-likeness (QED) is 0.481. The van der Waals surface area contributed by atoms with Gasteiger partial charge in [-0.15, -0.1) is 0 Å². The lowest BCUT2D eigenvalue weighted by Crippen LogP contribution is -2.40. The third-order valence-electron chi connectivity index (χ3n) is 4.51. The maximum atomic E-state index is 11.9. The fourth-order valence-electron chi connectivity index (χ4n) is 3.11. The molecule has 1 fully saturated rings. The molecule has 8 nitrogen and oxygen atoms in total. The summed E-state index contributed by atoms with van der Waals surface area (Å²) in [7, 11) is 2.75. The van der Waals surface area contributed by atoms with Gasteiger partial charge in [-0.25, -0.2) is 9.79 Å². The van der Waals surface area contributed by atoms with E-state index in [-0.39, 0.29) is 24.3 Å². The third-order valence-corrected chi connectivity index (χ3v) is 4.51. The number of aryl methyl sites for hydroxylation is 1. The highest BCUT2D eigenvalue weighted by atomic mass is 16.5. The summed E-state index contributed by atoms with van der Waals surface area (Å²) < 4.78 is 15.2. The van der Waals surface area contributed by atoms with Gasteiger partial charge in [-0.05, 0) is 25.8 Å². The first-order valence-corrected chi connectivity index (χ1v) is 8.69. The number of rotatable bonds is 5. The number of carbonyl (C=O) groups is 2. The Balaban J connectivity index is 2.12. The second-order valence-electron chi connectivity index (χ2n) is 6.36. The molecule has 1 N–H and O–H groups in total. The Bertz CT molecular complexity index is 682. The van der Waals surface area contributed by atoms with Gasteiger partial charge in [0.2, 0.25) is 0 Å². The van der Waals surface area contributed by atoms with E-state index in [1.54, 1.807) is 13.0 Å². The van der Waals surface area contributed by atoms with Gasteiger partial charge < -0.3 is 24.1 Å². The van der Waals surface area contributed by atoms with Gasteiger partial charge in [0.15, 0.2) is 5.96 Å². The highest BCUT2D eigenvalue weighted by Crippen LogP contribution is 2.24. The van der Waals surface area contributed by atoms with Crippen LogP contribution in [0, 0.1) is 18.8 Å². The minimum absolute atomic E-state index is 0.166. The zero-order valence-electron chi connectivity index (χ0n) is 16.0. The molecule has 2 atom stereocenters. The number of aliphatic imine (C=N–C) groups is 1. The Morgan fingerprint density at radius 2 is 2.08 bits per heavy atom. The van der Waals surface area contributed by atoms with Crippen LogP contribution in [0.2, 0.25) is 0 Å². The number of nitrogens with one attached hydrogen (secondary N) is 1. The second kappa shape index (κ2) is 8.73. The van der Waals surface area contributed by atoms with Crippen LogP contribution in [-0.2, 0) is 20.8 Å². The van der Waals surface area contributed by atoms with Crippen LogP contribution >= 0.6 is 0 Å². The molecule has 0 spiro atoms. The summed E-state index contributed by atoms with van der Waals surface area (Å²) in [6.45, 7) is 8.00. The Kier molecular flexibility index (Phi) is 6.65. The topological polar surface area (TPSA) is 93.4 Å². The fourth-order valence-corrected chi connectivity index (χ4v) is 3.11. The smallest absolute Gasteiger partial charge is 0.341 e. The number of esters is 2. The Morgan fingerprint density at radius 3 is 2.69 bits per heavy atom. The molecule has 0 radical (unpaired) electrons. The highest BCUT2D eigenvalue weighted by molar-refractivity contribution is 5.90. The first-order valence-electron chi connectivity index (χ1n) is 8.69. The van der Waals surface area contributed by atoms with Crippen LogP contribution in [0.1, 0.15) is 35.7 Å². The van der Waals surface area contributed by atoms with Crippen molar-refractivity contribution < 1.29 is 23.5 Å². The number of hydrogen-bond acceptors (Lipinski definition) is 6. The maximum absolute atomic E-state index is 11.9. The summed E-state index contributed by atoms with van der Waals surface area (Å²) in [5, 5.41) is 3.24. The summed E-state index contributed by atoms with van der Waals surface area (Å²) in [6, 6.07) is 1.65.